The number of methoxy groups -OCH3 is 1. The molecular weight excluding hydrogens is 250 g/mol. The van der Waals surface area contributed by atoms with Gasteiger partial charge in [0.2, 0.25) is 0 Å². The van der Waals surface area contributed by atoms with Crippen molar-refractivity contribution in [2.75, 3.05) is 12.4 Å². The fourth-order valence-electron chi connectivity index (χ4n) is 2.29. The minimum absolute atomic E-state index is 0.150. The summed E-state index contributed by atoms with van der Waals surface area (Å²) in [6.45, 7) is 5.89. The van der Waals surface area contributed by atoms with E-state index in [0.717, 1.165) is 22.4 Å². The van der Waals surface area contributed by atoms with Crippen LogP contribution in [0.25, 0.3) is 0 Å². The van der Waals surface area contributed by atoms with Crippen LogP contribution in [0.2, 0.25) is 0 Å². The number of rotatable bonds is 3. The van der Waals surface area contributed by atoms with Gasteiger partial charge in [-0.3, -0.25) is 4.79 Å². The van der Waals surface area contributed by atoms with Gasteiger partial charge in [0.15, 0.2) is 0 Å². The molecule has 3 heteroatoms. The molecule has 0 aliphatic rings. The molecule has 1 amide bonds. The highest BCUT2D eigenvalue weighted by Crippen LogP contribution is 2.25. The number of hydrogen-bond acceptors (Lipinski definition) is 2. The van der Waals surface area contributed by atoms with Crippen LogP contribution in [0.5, 0.6) is 5.75 Å². The van der Waals surface area contributed by atoms with Gasteiger partial charge in [-0.05, 0) is 43.5 Å². The standard InChI is InChI=1S/C17H19NO2/c1-11-7-5-8-12(2)15(11)18-17(19)14-10-6-9-13(3)16(14)20-4/h5-10H,1-4H3,(H,18,19). The van der Waals surface area contributed by atoms with Gasteiger partial charge in [-0.1, -0.05) is 30.3 Å². The molecule has 0 bridgehead atoms. The van der Waals surface area contributed by atoms with Crippen LogP contribution < -0.4 is 10.1 Å². The average molecular weight is 269 g/mol. The molecule has 104 valence electrons. The third-order valence-electron chi connectivity index (χ3n) is 3.38. The minimum atomic E-state index is -0.150. The first-order valence-corrected chi connectivity index (χ1v) is 6.55. The molecule has 3 nitrogen and oxygen atoms in total. The average Bonchev–Trinajstić information content (AvgIpc) is 2.42. The Hall–Kier alpha value is -2.29. The number of hydrogen-bond donors (Lipinski definition) is 1. The summed E-state index contributed by atoms with van der Waals surface area (Å²) in [5.74, 6) is 0.471. The number of carbonyl (C=O) groups is 1. The van der Waals surface area contributed by atoms with E-state index in [2.05, 4.69) is 5.32 Å². The van der Waals surface area contributed by atoms with Gasteiger partial charge in [0, 0.05) is 5.69 Å². The smallest absolute Gasteiger partial charge is 0.259 e. The van der Waals surface area contributed by atoms with Crippen molar-refractivity contribution in [3.05, 3.63) is 58.7 Å². The van der Waals surface area contributed by atoms with Gasteiger partial charge in [-0.2, -0.15) is 0 Å². The Morgan fingerprint density at radius 3 is 2.10 bits per heavy atom. The lowest BCUT2D eigenvalue weighted by molar-refractivity contribution is 0.102. The molecule has 20 heavy (non-hydrogen) atoms. The highest BCUT2D eigenvalue weighted by molar-refractivity contribution is 6.07. The van der Waals surface area contributed by atoms with Crippen molar-refractivity contribution >= 4 is 11.6 Å². The summed E-state index contributed by atoms with van der Waals surface area (Å²) in [6.07, 6.45) is 0. The van der Waals surface area contributed by atoms with Crippen molar-refractivity contribution in [3.63, 3.8) is 0 Å². The molecule has 2 rings (SSSR count). The minimum Gasteiger partial charge on any atom is -0.496 e. The molecule has 0 radical (unpaired) electrons. The Bertz CT molecular complexity index is 627. The topological polar surface area (TPSA) is 38.3 Å². The molecule has 0 heterocycles. The molecule has 0 saturated carbocycles. The van der Waals surface area contributed by atoms with Gasteiger partial charge in [0.05, 0.1) is 12.7 Å². The van der Waals surface area contributed by atoms with Gasteiger partial charge in [-0.25, -0.2) is 0 Å². The lowest BCUT2D eigenvalue weighted by Crippen LogP contribution is -2.15. The van der Waals surface area contributed by atoms with Crippen LogP contribution in [-0.2, 0) is 0 Å². The number of para-hydroxylation sites is 2. The van der Waals surface area contributed by atoms with Gasteiger partial charge >= 0.3 is 0 Å². The number of carbonyl (C=O) groups excluding carboxylic acids is 1. The van der Waals surface area contributed by atoms with Crippen molar-refractivity contribution in [3.8, 4) is 5.75 Å². The van der Waals surface area contributed by atoms with Gasteiger partial charge in [0.1, 0.15) is 5.75 Å². The van der Waals surface area contributed by atoms with E-state index in [1.807, 2.05) is 51.1 Å². The molecule has 0 saturated heterocycles. The van der Waals surface area contributed by atoms with Crippen LogP contribution >= 0.6 is 0 Å². The maximum atomic E-state index is 12.5. The van der Waals surface area contributed by atoms with Crippen molar-refractivity contribution in [1.29, 1.82) is 0 Å². The number of amides is 1. The van der Waals surface area contributed by atoms with E-state index >= 15 is 0 Å². The number of benzene rings is 2. The quantitative estimate of drug-likeness (QED) is 0.918. The van der Waals surface area contributed by atoms with Crippen LogP contribution in [0.3, 0.4) is 0 Å². The normalized spacial score (nSPS) is 10.2. The Morgan fingerprint density at radius 1 is 0.950 bits per heavy atom. The summed E-state index contributed by atoms with van der Waals surface area (Å²) in [6, 6.07) is 11.5. The predicted octanol–water partition coefficient (Wildman–Crippen LogP) is 3.87. The third kappa shape index (κ3) is 2.67. The summed E-state index contributed by atoms with van der Waals surface area (Å²) in [5.41, 5.74) is 4.45. The van der Waals surface area contributed by atoms with Crippen LogP contribution in [0, 0.1) is 20.8 Å². The maximum Gasteiger partial charge on any atom is 0.259 e. The Labute approximate surface area is 119 Å². The summed E-state index contributed by atoms with van der Waals surface area (Å²) in [5, 5.41) is 2.98. The first kappa shape index (κ1) is 14.1. The van der Waals surface area contributed by atoms with Crippen molar-refractivity contribution in [2.45, 2.75) is 20.8 Å². The van der Waals surface area contributed by atoms with E-state index in [4.69, 9.17) is 4.74 Å². The molecule has 1 N–H and O–H groups in total. The van der Waals surface area contributed by atoms with E-state index in [0.29, 0.717) is 11.3 Å². The summed E-state index contributed by atoms with van der Waals surface area (Å²) >= 11 is 0. The summed E-state index contributed by atoms with van der Waals surface area (Å²) in [4.78, 5) is 12.5. The largest absolute Gasteiger partial charge is 0.496 e. The fourth-order valence-corrected chi connectivity index (χ4v) is 2.29. The third-order valence-corrected chi connectivity index (χ3v) is 3.38. The number of ether oxygens (including phenoxy) is 1. The SMILES string of the molecule is COc1c(C)cccc1C(=O)Nc1c(C)cccc1C. The highest BCUT2D eigenvalue weighted by Gasteiger charge is 2.15. The highest BCUT2D eigenvalue weighted by atomic mass is 16.5. The van der Waals surface area contributed by atoms with Crippen molar-refractivity contribution < 1.29 is 9.53 Å². The second kappa shape index (κ2) is 5.78. The number of nitrogens with one attached hydrogen (secondary N) is 1. The lowest BCUT2D eigenvalue weighted by Gasteiger charge is -2.14. The molecule has 0 aliphatic carbocycles. The Balaban J connectivity index is 2.36. The molecular formula is C17H19NO2. The maximum absolute atomic E-state index is 12.5. The molecule has 0 atom stereocenters. The van der Waals surface area contributed by atoms with Gasteiger partial charge in [-0.15, -0.1) is 0 Å². The van der Waals surface area contributed by atoms with E-state index in [9.17, 15) is 4.79 Å². The van der Waals surface area contributed by atoms with Gasteiger partial charge in [0.25, 0.3) is 5.91 Å². The number of anilines is 1. The summed E-state index contributed by atoms with van der Waals surface area (Å²) in [7, 11) is 1.58. The zero-order valence-electron chi connectivity index (χ0n) is 12.3. The summed E-state index contributed by atoms with van der Waals surface area (Å²) < 4.78 is 5.33. The van der Waals surface area contributed by atoms with E-state index in [1.165, 1.54) is 0 Å². The number of aryl methyl sites for hydroxylation is 3. The van der Waals surface area contributed by atoms with Crippen LogP contribution in [0.15, 0.2) is 36.4 Å². The van der Waals surface area contributed by atoms with E-state index in [-0.39, 0.29) is 5.91 Å². The van der Waals surface area contributed by atoms with Crippen LogP contribution in [-0.4, -0.2) is 13.0 Å². The first-order chi connectivity index (χ1) is 9.54. The first-order valence-electron chi connectivity index (χ1n) is 6.55. The second-order valence-electron chi connectivity index (χ2n) is 4.88. The molecule has 2 aromatic rings. The molecule has 0 aliphatic heterocycles. The Kier molecular flexibility index (Phi) is 4.08. The second-order valence-corrected chi connectivity index (χ2v) is 4.88. The predicted molar refractivity (Wildman–Crippen MR) is 81.6 cm³/mol. The van der Waals surface area contributed by atoms with Crippen molar-refractivity contribution in [2.24, 2.45) is 0 Å². The lowest BCUT2D eigenvalue weighted by atomic mass is 10.1. The molecule has 0 spiro atoms. The van der Waals surface area contributed by atoms with E-state index < -0.39 is 0 Å². The molecule has 0 fully saturated rings. The van der Waals surface area contributed by atoms with Gasteiger partial charge < -0.3 is 10.1 Å². The van der Waals surface area contributed by atoms with Crippen LogP contribution in [0.1, 0.15) is 27.0 Å². The Morgan fingerprint density at radius 2 is 1.50 bits per heavy atom. The molecule has 2 aromatic carbocycles. The van der Waals surface area contributed by atoms with E-state index in [1.54, 1.807) is 13.2 Å². The van der Waals surface area contributed by atoms with Crippen molar-refractivity contribution in [1.82, 2.24) is 0 Å². The molecule has 0 unspecified atom stereocenters. The molecule has 0 aromatic heterocycles. The zero-order valence-corrected chi connectivity index (χ0v) is 12.3. The zero-order chi connectivity index (χ0) is 14.7. The monoisotopic (exact) mass is 269 g/mol. The fraction of sp³-hybridized carbons (Fsp3) is 0.235. The van der Waals surface area contributed by atoms with Crippen LogP contribution in [0.4, 0.5) is 5.69 Å².